The zero-order chi connectivity index (χ0) is 15.3. The van der Waals surface area contributed by atoms with Crippen molar-refractivity contribution in [3.63, 3.8) is 0 Å². The predicted molar refractivity (Wildman–Crippen MR) is 84.9 cm³/mol. The molecule has 0 aromatic rings. The Balaban J connectivity index is 2.51. The van der Waals surface area contributed by atoms with Crippen molar-refractivity contribution in [3.8, 4) is 0 Å². The van der Waals surface area contributed by atoms with Crippen LogP contribution in [0.15, 0.2) is 0 Å². The van der Waals surface area contributed by atoms with E-state index in [2.05, 4.69) is 16.7 Å². The Morgan fingerprint density at radius 2 is 1.90 bits per heavy atom. The van der Waals surface area contributed by atoms with Gasteiger partial charge in [-0.2, -0.15) is 0 Å². The lowest BCUT2D eigenvalue weighted by Crippen LogP contribution is -2.55. The van der Waals surface area contributed by atoms with E-state index in [1.165, 1.54) is 0 Å². The van der Waals surface area contributed by atoms with Crippen molar-refractivity contribution in [1.29, 1.82) is 0 Å². The van der Waals surface area contributed by atoms with E-state index in [9.17, 15) is 9.90 Å². The summed E-state index contributed by atoms with van der Waals surface area (Å²) < 4.78 is 0. The molecule has 5 nitrogen and oxygen atoms in total. The summed E-state index contributed by atoms with van der Waals surface area (Å²) in [5, 5.41) is 9.18. The summed E-state index contributed by atoms with van der Waals surface area (Å²) in [6, 6.07) is 0.185. The van der Waals surface area contributed by atoms with Crippen LogP contribution in [0.1, 0.15) is 33.6 Å². The van der Waals surface area contributed by atoms with Gasteiger partial charge in [0.2, 0.25) is 0 Å². The molecule has 0 aliphatic carbocycles. The van der Waals surface area contributed by atoms with Gasteiger partial charge in [0.05, 0.1) is 16.4 Å². The number of aliphatic carboxylic acids is 1. The molecule has 3 N–H and O–H groups in total. The first-order valence-corrected chi connectivity index (χ1v) is 7.68. The number of hydrogen-bond acceptors (Lipinski definition) is 4. The van der Waals surface area contributed by atoms with Gasteiger partial charge in [-0.1, -0.05) is 25.6 Å². The summed E-state index contributed by atoms with van der Waals surface area (Å²) in [5.74, 6) is -0.744. The zero-order valence-corrected chi connectivity index (χ0v) is 13.6. The Bertz CT molecular complexity index is 352. The lowest BCUT2D eigenvalue weighted by atomic mass is 9.93. The molecular weight excluding hydrogens is 274 g/mol. The molecule has 116 valence electrons. The molecule has 1 saturated heterocycles. The van der Waals surface area contributed by atoms with Gasteiger partial charge in [0.1, 0.15) is 0 Å². The normalized spacial score (nSPS) is 19.8. The van der Waals surface area contributed by atoms with Gasteiger partial charge in [0.25, 0.3) is 0 Å². The molecule has 20 heavy (non-hydrogen) atoms. The number of nitrogens with zero attached hydrogens (tertiary/aromatic N) is 2. The molecule has 1 unspecified atom stereocenters. The fourth-order valence-electron chi connectivity index (χ4n) is 2.64. The zero-order valence-electron chi connectivity index (χ0n) is 12.8. The number of carboxylic acids is 1. The van der Waals surface area contributed by atoms with Crippen LogP contribution in [0.4, 0.5) is 0 Å². The summed E-state index contributed by atoms with van der Waals surface area (Å²) in [6.07, 6.45) is 2.06. The predicted octanol–water partition coefficient (Wildman–Crippen LogP) is 1.17. The second-order valence-corrected chi connectivity index (χ2v) is 6.68. The minimum Gasteiger partial charge on any atom is -0.481 e. The Morgan fingerprint density at radius 1 is 1.35 bits per heavy atom. The second kappa shape index (κ2) is 7.33. The highest BCUT2D eigenvalue weighted by molar-refractivity contribution is 7.80. The maximum Gasteiger partial charge on any atom is 0.310 e. The fraction of sp³-hybridized carbons (Fsp3) is 0.857. The van der Waals surface area contributed by atoms with E-state index in [1.54, 1.807) is 13.8 Å². The standard InChI is InChI=1S/C14H27N3O2S/c1-4-5-11(12(15)20)17-8-6-16(7-9-17)10-14(2,3)13(18)19/h11H,4-10H2,1-3H3,(H2,15,20)(H,18,19). The largest absolute Gasteiger partial charge is 0.481 e. The quantitative estimate of drug-likeness (QED) is 0.688. The highest BCUT2D eigenvalue weighted by Gasteiger charge is 2.32. The number of thiocarbonyl (C=S) groups is 1. The molecule has 1 aliphatic heterocycles. The van der Waals surface area contributed by atoms with Gasteiger partial charge in [-0.15, -0.1) is 0 Å². The number of rotatable bonds is 7. The molecule has 0 aromatic heterocycles. The molecule has 0 aromatic carbocycles. The molecular formula is C14H27N3O2S. The average molecular weight is 301 g/mol. The SMILES string of the molecule is CCCC(C(N)=S)N1CCN(CC(C)(C)C(=O)O)CC1. The Morgan fingerprint density at radius 3 is 2.30 bits per heavy atom. The first kappa shape index (κ1) is 17.3. The first-order chi connectivity index (χ1) is 9.27. The molecule has 1 aliphatic rings. The van der Waals surface area contributed by atoms with E-state index < -0.39 is 11.4 Å². The van der Waals surface area contributed by atoms with Crippen LogP contribution >= 0.6 is 12.2 Å². The third-order valence-electron chi connectivity index (χ3n) is 3.94. The summed E-state index contributed by atoms with van der Waals surface area (Å²) >= 11 is 5.16. The second-order valence-electron chi connectivity index (χ2n) is 6.21. The van der Waals surface area contributed by atoms with Gasteiger partial charge in [-0.3, -0.25) is 14.6 Å². The van der Waals surface area contributed by atoms with Crippen molar-refractivity contribution < 1.29 is 9.90 Å². The van der Waals surface area contributed by atoms with Crippen LogP contribution in [0.25, 0.3) is 0 Å². The smallest absolute Gasteiger partial charge is 0.310 e. The van der Waals surface area contributed by atoms with Crippen molar-refractivity contribution in [3.05, 3.63) is 0 Å². The summed E-state index contributed by atoms with van der Waals surface area (Å²) in [6.45, 7) is 9.82. The molecule has 0 bridgehead atoms. The minimum atomic E-state index is -0.744. The molecule has 1 rings (SSSR count). The van der Waals surface area contributed by atoms with Crippen LogP contribution in [-0.2, 0) is 4.79 Å². The topological polar surface area (TPSA) is 69.8 Å². The maximum absolute atomic E-state index is 11.2. The summed E-state index contributed by atoms with van der Waals surface area (Å²) in [5.41, 5.74) is 5.13. The van der Waals surface area contributed by atoms with E-state index in [1.807, 2.05) is 0 Å². The van der Waals surface area contributed by atoms with E-state index in [0.717, 1.165) is 39.0 Å². The summed E-state index contributed by atoms with van der Waals surface area (Å²) in [4.78, 5) is 16.3. The molecule has 0 spiro atoms. The number of nitrogens with two attached hydrogens (primary N) is 1. The van der Waals surface area contributed by atoms with Crippen molar-refractivity contribution in [2.45, 2.75) is 39.7 Å². The van der Waals surface area contributed by atoms with Crippen molar-refractivity contribution in [2.75, 3.05) is 32.7 Å². The highest BCUT2D eigenvalue weighted by atomic mass is 32.1. The average Bonchev–Trinajstić information content (AvgIpc) is 2.36. The molecule has 0 amide bonds. The maximum atomic E-state index is 11.2. The first-order valence-electron chi connectivity index (χ1n) is 7.27. The third-order valence-corrected chi connectivity index (χ3v) is 4.21. The van der Waals surface area contributed by atoms with Crippen LogP contribution in [0.2, 0.25) is 0 Å². The number of piperazine rings is 1. The molecule has 0 radical (unpaired) electrons. The van der Waals surface area contributed by atoms with Crippen LogP contribution < -0.4 is 5.73 Å². The monoisotopic (exact) mass is 301 g/mol. The Kier molecular flexibility index (Phi) is 6.36. The number of hydrogen-bond donors (Lipinski definition) is 2. The van der Waals surface area contributed by atoms with Crippen molar-refractivity contribution in [1.82, 2.24) is 9.80 Å². The molecule has 0 saturated carbocycles. The van der Waals surface area contributed by atoms with Gasteiger partial charge in [0, 0.05) is 32.7 Å². The van der Waals surface area contributed by atoms with E-state index in [0.29, 0.717) is 11.5 Å². The van der Waals surface area contributed by atoms with Crippen molar-refractivity contribution >= 4 is 23.2 Å². The van der Waals surface area contributed by atoms with Crippen LogP contribution in [0.3, 0.4) is 0 Å². The highest BCUT2D eigenvalue weighted by Crippen LogP contribution is 2.19. The minimum absolute atomic E-state index is 0.185. The Labute approximate surface area is 127 Å². The van der Waals surface area contributed by atoms with E-state index in [-0.39, 0.29) is 6.04 Å². The van der Waals surface area contributed by atoms with Gasteiger partial charge in [-0.25, -0.2) is 0 Å². The van der Waals surface area contributed by atoms with Crippen LogP contribution in [-0.4, -0.2) is 64.6 Å². The Hall–Kier alpha value is -0.720. The van der Waals surface area contributed by atoms with Crippen LogP contribution in [0.5, 0.6) is 0 Å². The number of carbonyl (C=O) groups is 1. The van der Waals surface area contributed by atoms with Crippen molar-refractivity contribution in [2.24, 2.45) is 11.1 Å². The molecule has 1 fully saturated rings. The molecule has 1 heterocycles. The van der Waals surface area contributed by atoms with Gasteiger partial charge < -0.3 is 10.8 Å². The van der Waals surface area contributed by atoms with Gasteiger partial charge in [0.15, 0.2) is 0 Å². The van der Waals surface area contributed by atoms with E-state index >= 15 is 0 Å². The van der Waals surface area contributed by atoms with Gasteiger partial charge in [-0.05, 0) is 20.3 Å². The van der Waals surface area contributed by atoms with Crippen LogP contribution in [0, 0.1) is 5.41 Å². The molecule has 1 atom stereocenters. The van der Waals surface area contributed by atoms with Gasteiger partial charge >= 0.3 is 5.97 Å². The lowest BCUT2D eigenvalue weighted by molar-refractivity contribution is -0.148. The lowest BCUT2D eigenvalue weighted by Gasteiger charge is -2.40. The summed E-state index contributed by atoms with van der Waals surface area (Å²) in [7, 11) is 0. The van der Waals surface area contributed by atoms with E-state index in [4.69, 9.17) is 18.0 Å². The number of carboxylic acid groups (broad SMARTS) is 1. The fourth-order valence-corrected chi connectivity index (χ4v) is 2.90. The molecule has 6 heteroatoms. The third kappa shape index (κ3) is 4.68.